The van der Waals surface area contributed by atoms with Crippen LogP contribution in [0.3, 0.4) is 0 Å². The second kappa shape index (κ2) is 8.04. The third-order valence-corrected chi connectivity index (χ3v) is 4.58. The van der Waals surface area contributed by atoms with Crippen molar-refractivity contribution in [1.29, 1.82) is 0 Å². The molecule has 7 heteroatoms. The highest BCUT2D eigenvalue weighted by molar-refractivity contribution is 6.22. The van der Waals surface area contributed by atoms with Crippen LogP contribution in [0.2, 0.25) is 0 Å². The van der Waals surface area contributed by atoms with Crippen molar-refractivity contribution in [3.63, 3.8) is 0 Å². The smallest absolute Gasteiger partial charge is 0.338 e. The molecule has 0 saturated carbocycles. The number of imide groups is 1. The summed E-state index contributed by atoms with van der Waals surface area (Å²) in [7, 11) is 0. The number of nitrogens with zero attached hydrogens (tertiary/aromatic N) is 1. The van der Waals surface area contributed by atoms with E-state index < -0.39 is 24.4 Å². The standard InChI is InChI=1S/C21H20N2O5/c1-3-13(2)23-19(25)16-10-9-14(11-17(16)20(23)26)21(27)28-12-18(24)22-15-7-5-4-6-8-15/h4-11,13H,3,12H2,1-2H3,(H,22,24). The van der Waals surface area contributed by atoms with Gasteiger partial charge in [-0.25, -0.2) is 4.79 Å². The Labute approximate surface area is 162 Å². The molecule has 0 fully saturated rings. The maximum atomic E-state index is 12.5. The van der Waals surface area contributed by atoms with Crippen LogP contribution in [-0.4, -0.2) is 41.2 Å². The topological polar surface area (TPSA) is 92.8 Å². The Hall–Kier alpha value is -3.48. The van der Waals surface area contributed by atoms with Crippen molar-refractivity contribution in [2.24, 2.45) is 0 Å². The average molecular weight is 380 g/mol. The number of anilines is 1. The van der Waals surface area contributed by atoms with Crippen LogP contribution in [-0.2, 0) is 9.53 Å². The molecule has 2 aromatic carbocycles. The summed E-state index contributed by atoms with van der Waals surface area (Å²) >= 11 is 0. The van der Waals surface area contributed by atoms with Gasteiger partial charge >= 0.3 is 5.97 Å². The summed E-state index contributed by atoms with van der Waals surface area (Å²) in [5, 5.41) is 2.61. The van der Waals surface area contributed by atoms with Crippen LogP contribution in [0.25, 0.3) is 0 Å². The largest absolute Gasteiger partial charge is 0.452 e. The first-order chi connectivity index (χ1) is 13.4. The molecule has 1 aliphatic heterocycles. The van der Waals surface area contributed by atoms with Crippen LogP contribution in [0.4, 0.5) is 5.69 Å². The van der Waals surface area contributed by atoms with E-state index in [4.69, 9.17) is 4.74 Å². The average Bonchev–Trinajstić information content (AvgIpc) is 2.96. The summed E-state index contributed by atoms with van der Waals surface area (Å²) in [6, 6.07) is 12.8. The van der Waals surface area contributed by atoms with Crippen LogP contribution in [0.5, 0.6) is 0 Å². The van der Waals surface area contributed by atoms with Gasteiger partial charge in [0, 0.05) is 11.7 Å². The molecule has 1 atom stereocenters. The highest BCUT2D eigenvalue weighted by atomic mass is 16.5. The minimum Gasteiger partial charge on any atom is -0.452 e. The first-order valence-corrected chi connectivity index (χ1v) is 8.96. The molecular formula is C21H20N2O5. The predicted octanol–water partition coefficient (Wildman–Crippen LogP) is 2.88. The second-order valence-corrected chi connectivity index (χ2v) is 6.49. The molecule has 3 rings (SSSR count). The third kappa shape index (κ3) is 3.78. The minimum absolute atomic E-state index is 0.110. The maximum absolute atomic E-state index is 12.5. The Balaban J connectivity index is 1.66. The van der Waals surface area contributed by atoms with Gasteiger partial charge in [0.25, 0.3) is 17.7 Å². The lowest BCUT2D eigenvalue weighted by Crippen LogP contribution is -2.37. The normalized spacial score (nSPS) is 13.9. The molecule has 0 aromatic heterocycles. The van der Waals surface area contributed by atoms with Crippen molar-refractivity contribution in [3.8, 4) is 0 Å². The Morgan fingerprint density at radius 3 is 2.39 bits per heavy atom. The molecule has 0 saturated heterocycles. The van der Waals surface area contributed by atoms with Crippen molar-refractivity contribution in [3.05, 3.63) is 65.2 Å². The van der Waals surface area contributed by atoms with Gasteiger partial charge in [0.15, 0.2) is 6.61 Å². The minimum atomic E-state index is -0.742. The number of benzene rings is 2. The van der Waals surface area contributed by atoms with E-state index in [1.54, 1.807) is 31.2 Å². The summed E-state index contributed by atoms with van der Waals surface area (Å²) in [5.41, 5.74) is 1.14. The van der Waals surface area contributed by atoms with Gasteiger partial charge in [0.1, 0.15) is 0 Å². The van der Waals surface area contributed by atoms with Crippen molar-refractivity contribution < 1.29 is 23.9 Å². The molecule has 7 nitrogen and oxygen atoms in total. The first-order valence-electron chi connectivity index (χ1n) is 8.96. The SMILES string of the molecule is CCC(C)N1C(=O)c2ccc(C(=O)OCC(=O)Nc3ccccc3)cc2C1=O. The van der Waals surface area contributed by atoms with E-state index in [0.717, 1.165) is 0 Å². The van der Waals surface area contributed by atoms with E-state index >= 15 is 0 Å². The molecule has 0 radical (unpaired) electrons. The summed E-state index contributed by atoms with van der Waals surface area (Å²) in [5.74, 6) is -2.01. The molecule has 144 valence electrons. The number of hydrogen-bond acceptors (Lipinski definition) is 5. The quantitative estimate of drug-likeness (QED) is 0.614. The van der Waals surface area contributed by atoms with E-state index in [0.29, 0.717) is 12.1 Å². The van der Waals surface area contributed by atoms with E-state index in [1.165, 1.54) is 23.1 Å². The number of rotatable bonds is 6. The number of para-hydroxylation sites is 1. The van der Waals surface area contributed by atoms with Crippen LogP contribution < -0.4 is 5.32 Å². The third-order valence-electron chi connectivity index (χ3n) is 4.58. The van der Waals surface area contributed by atoms with Crippen LogP contribution >= 0.6 is 0 Å². The zero-order chi connectivity index (χ0) is 20.3. The lowest BCUT2D eigenvalue weighted by atomic mass is 10.1. The van der Waals surface area contributed by atoms with Gasteiger partial charge in [-0.2, -0.15) is 0 Å². The van der Waals surface area contributed by atoms with Crippen LogP contribution in [0.15, 0.2) is 48.5 Å². The highest BCUT2D eigenvalue weighted by Crippen LogP contribution is 2.26. The summed E-state index contributed by atoms with van der Waals surface area (Å²) in [6.45, 7) is 3.22. The molecule has 1 aliphatic rings. The summed E-state index contributed by atoms with van der Waals surface area (Å²) in [6.07, 6.45) is 0.636. The predicted molar refractivity (Wildman–Crippen MR) is 102 cm³/mol. The molecule has 0 bridgehead atoms. The Kier molecular flexibility index (Phi) is 5.54. The lowest BCUT2D eigenvalue weighted by Gasteiger charge is -2.20. The lowest BCUT2D eigenvalue weighted by molar-refractivity contribution is -0.119. The Morgan fingerprint density at radius 1 is 1.04 bits per heavy atom. The van der Waals surface area contributed by atoms with Gasteiger partial charge in [-0.1, -0.05) is 25.1 Å². The van der Waals surface area contributed by atoms with Crippen molar-refractivity contribution in [2.45, 2.75) is 26.3 Å². The molecule has 2 aromatic rings. The number of nitrogens with one attached hydrogen (secondary N) is 1. The fourth-order valence-electron chi connectivity index (χ4n) is 2.90. The molecule has 0 aliphatic carbocycles. The van der Waals surface area contributed by atoms with Gasteiger partial charge in [0.05, 0.1) is 16.7 Å². The molecule has 1 heterocycles. The zero-order valence-electron chi connectivity index (χ0n) is 15.6. The number of carbonyl (C=O) groups excluding carboxylic acids is 4. The zero-order valence-corrected chi connectivity index (χ0v) is 15.6. The number of fused-ring (bicyclic) bond motifs is 1. The van der Waals surface area contributed by atoms with Crippen LogP contribution in [0, 0.1) is 0 Å². The molecule has 0 spiro atoms. The Morgan fingerprint density at radius 2 is 1.71 bits per heavy atom. The Bertz CT molecular complexity index is 939. The summed E-state index contributed by atoms with van der Waals surface area (Å²) < 4.78 is 5.02. The van der Waals surface area contributed by atoms with Crippen molar-refractivity contribution >= 4 is 29.4 Å². The fourth-order valence-corrected chi connectivity index (χ4v) is 2.90. The van der Waals surface area contributed by atoms with Crippen LogP contribution in [0.1, 0.15) is 51.3 Å². The molecule has 28 heavy (non-hydrogen) atoms. The number of carbonyl (C=O) groups is 4. The highest BCUT2D eigenvalue weighted by Gasteiger charge is 2.38. The van der Waals surface area contributed by atoms with Gasteiger partial charge in [0.2, 0.25) is 0 Å². The molecular weight excluding hydrogens is 360 g/mol. The van der Waals surface area contributed by atoms with Gasteiger partial charge in [-0.3, -0.25) is 19.3 Å². The van der Waals surface area contributed by atoms with E-state index in [2.05, 4.69) is 5.32 Å². The van der Waals surface area contributed by atoms with Crippen molar-refractivity contribution in [1.82, 2.24) is 4.90 Å². The maximum Gasteiger partial charge on any atom is 0.338 e. The summed E-state index contributed by atoms with van der Waals surface area (Å²) in [4.78, 5) is 50.3. The van der Waals surface area contributed by atoms with E-state index in [-0.39, 0.29) is 28.6 Å². The first kappa shape index (κ1) is 19.3. The number of esters is 1. The van der Waals surface area contributed by atoms with E-state index in [9.17, 15) is 19.2 Å². The molecule has 1 unspecified atom stereocenters. The monoisotopic (exact) mass is 380 g/mol. The van der Waals surface area contributed by atoms with Gasteiger partial charge in [-0.15, -0.1) is 0 Å². The molecule has 1 N–H and O–H groups in total. The molecule has 3 amide bonds. The van der Waals surface area contributed by atoms with Gasteiger partial charge < -0.3 is 10.1 Å². The second-order valence-electron chi connectivity index (χ2n) is 6.49. The van der Waals surface area contributed by atoms with Gasteiger partial charge in [-0.05, 0) is 43.7 Å². The van der Waals surface area contributed by atoms with E-state index in [1.807, 2.05) is 13.0 Å². The van der Waals surface area contributed by atoms with Crippen molar-refractivity contribution in [2.75, 3.05) is 11.9 Å². The number of hydrogen-bond donors (Lipinski definition) is 1. The number of amides is 3. The number of ether oxygens (including phenoxy) is 1. The fraction of sp³-hybridized carbons (Fsp3) is 0.238.